The van der Waals surface area contributed by atoms with Gasteiger partial charge in [-0.2, -0.15) is 5.26 Å². The molecule has 1 N–H and O–H groups in total. The Kier molecular flexibility index (Phi) is 6.45. The lowest BCUT2D eigenvalue weighted by molar-refractivity contribution is -0.117. The second kappa shape index (κ2) is 8.82. The first-order valence-electron chi connectivity index (χ1n) is 8.31. The Balaban J connectivity index is 2.03. The second-order valence-electron chi connectivity index (χ2n) is 5.96. The number of nitriles is 1. The Morgan fingerprint density at radius 2 is 1.89 bits per heavy atom. The van der Waals surface area contributed by atoms with E-state index >= 15 is 0 Å². The minimum absolute atomic E-state index is 0.0811. The maximum atomic E-state index is 13.2. The van der Waals surface area contributed by atoms with Gasteiger partial charge in [0, 0.05) is 22.2 Å². The molecule has 1 heterocycles. The zero-order valence-electron chi connectivity index (χ0n) is 14.8. The average molecular weight is 477 g/mol. The molecular formula is C20H15BrClN3O2S. The van der Waals surface area contributed by atoms with Crippen LogP contribution in [-0.4, -0.2) is 24.1 Å². The highest BCUT2D eigenvalue weighted by Gasteiger charge is 2.40. The molecule has 1 fully saturated rings. The van der Waals surface area contributed by atoms with Gasteiger partial charge >= 0.3 is 0 Å². The third-order valence-electron chi connectivity index (χ3n) is 4.15. The zero-order valence-corrected chi connectivity index (χ0v) is 17.9. The van der Waals surface area contributed by atoms with E-state index in [2.05, 4.69) is 21.2 Å². The van der Waals surface area contributed by atoms with Crippen molar-refractivity contribution in [3.63, 3.8) is 0 Å². The van der Waals surface area contributed by atoms with Crippen molar-refractivity contribution in [1.82, 2.24) is 5.32 Å². The molecule has 2 aromatic rings. The Bertz CT molecular complexity index is 984. The molecule has 0 aliphatic carbocycles. The normalized spacial score (nSPS) is 18.0. The number of carbonyl (C=O) groups is 2. The number of nitrogens with one attached hydrogen (secondary N) is 1. The number of amides is 2. The number of benzene rings is 2. The van der Waals surface area contributed by atoms with E-state index in [1.165, 1.54) is 23.7 Å². The average Bonchev–Trinajstić information content (AvgIpc) is 3.00. The number of thioether (sulfide) groups is 1. The van der Waals surface area contributed by atoms with Gasteiger partial charge in [0.15, 0.2) is 0 Å². The maximum absolute atomic E-state index is 13.2. The maximum Gasteiger partial charge on any atom is 0.264 e. The van der Waals surface area contributed by atoms with Crippen molar-refractivity contribution in [2.45, 2.75) is 11.7 Å². The molecule has 0 bridgehead atoms. The quantitative estimate of drug-likeness (QED) is 0.528. The summed E-state index contributed by atoms with van der Waals surface area (Å²) < 4.78 is 0.866. The summed E-state index contributed by atoms with van der Waals surface area (Å²) in [5.41, 5.74) is 1.47. The molecule has 0 spiro atoms. The van der Waals surface area contributed by atoms with E-state index in [1.807, 2.05) is 30.3 Å². The monoisotopic (exact) mass is 475 g/mol. The second-order valence-corrected chi connectivity index (χ2v) is 8.50. The highest BCUT2D eigenvalue weighted by molar-refractivity contribution is 9.10. The van der Waals surface area contributed by atoms with E-state index in [1.54, 1.807) is 24.3 Å². The van der Waals surface area contributed by atoms with Crippen molar-refractivity contribution in [2.24, 2.45) is 0 Å². The van der Waals surface area contributed by atoms with Crippen molar-refractivity contribution < 1.29 is 9.59 Å². The molecule has 142 valence electrons. The number of hydrogen-bond donors (Lipinski definition) is 1. The molecule has 3 rings (SSSR count). The van der Waals surface area contributed by atoms with Crippen LogP contribution in [0.15, 0.2) is 63.6 Å². The van der Waals surface area contributed by atoms with Crippen LogP contribution >= 0.6 is 39.3 Å². The summed E-state index contributed by atoms with van der Waals surface area (Å²) in [5.74, 6) is -0.694. The fraction of sp³-hybridized carbons (Fsp3) is 0.150. The summed E-state index contributed by atoms with van der Waals surface area (Å²) in [6.45, 7) is 0. The van der Waals surface area contributed by atoms with E-state index in [9.17, 15) is 14.9 Å². The Morgan fingerprint density at radius 3 is 2.46 bits per heavy atom. The SMILES string of the molecule is CNC(=O)/C(C#N)=C1/S[C@H](Cc2ccc(Cl)cc2)C(=O)N1c1ccc(Br)cc1. The molecule has 0 saturated carbocycles. The molecule has 1 saturated heterocycles. The number of nitrogens with zero attached hydrogens (tertiary/aromatic N) is 2. The van der Waals surface area contributed by atoms with E-state index in [0.717, 1.165) is 10.0 Å². The Hall–Kier alpha value is -2.27. The summed E-state index contributed by atoms with van der Waals surface area (Å²) in [7, 11) is 1.46. The lowest BCUT2D eigenvalue weighted by Gasteiger charge is -2.18. The first-order chi connectivity index (χ1) is 13.4. The molecule has 0 radical (unpaired) electrons. The minimum Gasteiger partial charge on any atom is -0.354 e. The van der Waals surface area contributed by atoms with Crippen LogP contribution in [0, 0.1) is 11.3 Å². The van der Waals surface area contributed by atoms with Gasteiger partial charge in [-0.1, -0.05) is 51.4 Å². The summed E-state index contributed by atoms with van der Waals surface area (Å²) in [4.78, 5) is 26.9. The minimum atomic E-state index is -0.521. The number of carbonyl (C=O) groups excluding carboxylic acids is 2. The van der Waals surface area contributed by atoms with Crippen LogP contribution in [0.5, 0.6) is 0 Å². The Morgan fingerprint density at radius 1 is 1.25 bits per heavy atom. The first kappa shape index (κ1) is 20.5. The van der Waals surface area contributed by atoms with Gasteiger partial charge in [0.05, 0.1) is 5.25 Å². The predicted octanol–water partition coefficient (Wildman–Crippen LogP) is 4.27. The lowest BCUT2D eigenvalue weighted by Crippen LogP contribution is -2.31. The fourth-order valence-corrected chi connectivity index (χ4v) is 4.47. The van der Waals surface area contributed by atoms with Crippen molar-refractivity contribution >= 4 is 56.8 Å². The van der Waals surface area contributed by atoms with Crippen LogP contribution in [0.4, 0.5) is 5.69 Å². The molecule has 1 aliphatic rings. The number of hydrogen-bond acceptors (Lipinski definition) is 4. The standard InChI is InChI=1S/C20H15BrClN3O2S/c1-24-18(26)16(11-23)20-25(15-8-4-13(21)5-9-15)19(27)17(28-20)10-12-2-6-14(22)7-3-12/h2-9,17H,10H2,1H3,(H,24,26)/b20-16+/t17-/m1/s1. The van der Waals surface area contributed by atoms with Crippen LogP contribution in [0.3, 0.4) is 0 Å². The first-order valence-corrected chi connectivity index (χ1v) is 10.4. The highest BCUT2D eigenvalue weighted by Crippen LogP contribution is 2.42. The van der Waals surface area contributed by atoms with Crippen LogP contribution < -0.4 is 10.2 Å². The van der Waals surface area contributed by atoms with Crippen LogP contribution in [-0.2, 0) is 16.0 Å². The molecule has 5 nitrogen and oxygen atoms in total. The summed E-state index contributed by atoms with van der Waals surface area (Å²) in [6, 6.07) is 16.4. The highest BCUT2D eigenvalue weighted by atomic mass is 79.9. The third-order valence-corrected chi connectivity index (χ3v) is 6.20. The van der Waals surface area contributed by atoms with Crippen LogP contribution in [0.2, 0.25) is 5.02 Å². The van der Waals surface area contributed by atoms with Gasteiger partial charge in [-0.15, -0.1) is 0 Å². The molecule has 28 heavy (non-hydrogen) atoms. The van der Waals surface area contributed by atoms with Gasteiger partial charge in [-0.3, -0.25) is 14.5 Å². The molecular weight excluding hydrogens is 462 g/mol. The molecule has 2 amide bonds. The van der Waals surface area contributed by atoms with Crippen LogP contribution in [0.1, 0.15) is 5.56 Å². The molecule has 2 aromatic carbocycles. The van der Waals surface area contributed by atoms with Gasteiger partial charge in [-0.25, -0.2) is 0 Å². The number of rotatable bonds is 4. The van der Waals surface area contributed by atoms with Crippen molar-refractivity contribution in [1.29, 1.82) is 5.26 Å². The van der Waals surface area contributed by atoms with E-state index in [4.69, 9.17) is 11.6 Å². The number of anilines is 1. The molecule has 0 unspecified atom stereocenters. The molecule has 1 aliphatic heterocycles. The van der Waals surface area contributed by atoms with Crippen molar-refractivity contribution in [2.75, 3.05) is 11.9 Å². The number of likely N-dealkylation sites (N-methyl/N-ethyl adjacent to an activating group) is 1. The van der Waals surface area contributed by atoms with Gasteiger partial charge in [-0.05, 0) is 48.4 Å². The molecule has 8 heteroatoms. The van der Waals surface area contributed by atoms with Gasteiger partial charge < -0.3 is 5.32 Å². The largest absolute Gasteiger partial charge is 0.354 e. The van der Waals surface area contributed by atoms with Crippen molar-refractivity contribution in [3.8, 4) is 6.07 Å². The fourth-order valence-electron chi connectivity index (χ4n) is 2.77. The van der Waals surface area contributed by atoms with E-state index in [-0.39, 0.29) is 11.5 Å². The smallest absolute Gasteiger partial charge is 0.264 e. The van der Waals surface area contributed by atoms with E-state index < -0.39 is 11.2 Å². The van der Waals surface area contributed by atoms with Gasteiger partial charge in [0.2, 0.25) is 5.91 Å². The summed E-state index contributed by atoms with van der Waals surface area (Å²) in [5, 5.41) is 12.5. The summed E-state index contributed by atoms with van der Waals surface area (Å²) in [6.07, 6.45) is 0.462. The van der Waals surface area contributed by atoms with Crippen LogP contribution in [0.25, 0.3) is 0 Å². The third kappa shape index (κ3) is 4.25. The molecule has 0 aromatic heterocycles. The zero-order chi connectivity index (χ0) is 20.3. The van der Waals surface area contributed by atoms with Gasteiger partial charge in [0.1, 0.15) is 16.7 Å². The lowest BCUT2D eigenvalue weighted by atomic mass is 10.1. The predicted molar refractivity (Wildman–Crippen MR) is 115 cm³/mol. The van der Waals surface area contributed by atoms with Gasteiger partial charge in [0.25, 0.3) is 5.91 Å². The Labute approximate surface area is 180 Å². The topological polar surface area (TPSA) is 73.2 Å². The molecule has 1 atom stereocenters. The van der Waals surface area contributed by atoms with Crippen molar-refractivity contribution in [3.05, 3.63) is 74.2 Å². The summed E-state index contributed by atoms with van der Waals surface area (Å²) >= 11 is 10.5. The van der Waals surface area contributed by atoms with E-state index in [0.29, 0.717) is 22.2 Å². The number of halogens is 2.